The van der Waals surface area contributed by atoms with Crippen LogP contribution in [-0.4, -0.2) is 55.5 Å². The van der Waals surface area contributed by atoms with Crippen LogP contribution >= 0.6 is 11.6 Å². The third-order valence-electron chi connectivity index (χ3n) is 9.13. The van der Waals surface area contributed by atoms with Crippen molar-refractivity contribution < 1.29 is 9.26 Å². The molecule has 1 saturated heterocycles. The van der Waals surface area contributed by atoms with Crippen molar-refractivity contribution in [3.8, 4) is 22.8 Å². The van der Waals surface area contributed by atoms with Gasteiger partial charge >= 0.3 is 5.76 Å². The van der Waals surface area contributed by atoms with E-state index in [1.807, 2.05) is 12.1 Å². The molecule has 4 aromatic rings. The van der Waals surface area contributed by atoms with Crippen molar-refractivity contribution in [1.29, 1.82) is 0 Å². The lowest BCUT2D eigenvalue weighted by atomic mass is 9.79. The molecule has 10 nitrogen and oxygen atoms in total. The zero-order valence-corrected chi connectivity index (χ0v) is 25.1. The number of anilines is 1. The number of nitrogens with one attached hydrogen (secondary N) is 1. The number of halogens is 1. The molecule has 11 heteroatoms. The van der Waals surface area contributed by atoms with E-state index in [9.17, 15) is 4.79 Å². The van der Waals surface area contributed by atoms with Crippen LogP contribution in [0.2, 0.25) is 5.02 Å². The summed E-state index contributed by atoms with van der Waals surface area (Å²) >= 11 is 6.43. The number of aromatic amines is 1. The standard InChI is InChI=1S/C30H38ClN7O3/c1-16(2)25-11-22(40-5)15-37(25)29-34-23-12-24(28-35-30(39)41-36-28)33-26(20-10-21(31)14-32-13-20)27(23)38(29)18(4)19-8-6-17(3)7-9-19/h10,12-14,16-19,22,25H,6-9,11,15H2,1-5H3,(H,35,36,39)/t17?,18?,19?,22-,25+/m1/s1. The fourth-order valence-corrected chi connectivity index (χ4v) is 6.91. The normalized spacial score (nSPS) is 24.0. The van der Waals surface area contributed by atoms with Crippen LogP contribution in [0.3, 0.4) is 0 Å². The first-order valence-corrected chi connectivity index (χ1v) is 15.0. The number of ether oxygens (including phenoxy) is 1. The van der Waals surface area contributed by atoms with Gasteiger partial charge in [0, 0.05) is 43.7 Å². The Morgan fingerprint density at radius 2 is 1.90 bits per heavy atom. The number of hydrogen-bond donors (Lipinski definition) is 1. The van der Waals surface area contributed by atoms with Gasteiger partial charge in [-0.3, -0.25) is 14.5 Å². The molecule has 1 unspecified atom stereocenters. The molecule has 0 amide bonds. The molecule has 6 rings (SSSR count). The molecule has 2 aliphatic rings. The van der Waals surface area contributed by atoms with Crippen molar-refractivity contribution in [3.63, 3.8) is 0 Å². The Kier molecular flexibility index (Phi) is 7.63. The van der Waals surface area contributed by atoms with Gasteiger partial charge in [0.25, 0.3) is 0 Å². The second-order valence-electron chi connectivity index (χ2n) is 12.2. The molecule has 3 atom stereocenters. The van der Waals surface area contributed by atoms with E-state index < -0.39 is 5.76 Å². The quantitative estimate of drug-likeness (QED) is 0.278. The van der Waals surface area contributed by atoms with Gasteiger partial charge in [0.15, 0.2) is 0 Å². The fraction of sp³-hybridized carbons (Fsp3) is 0.567. The molecule has 2 fully saturated rings. The summed E-state index contributed by atoms with van der Waals surface area (Å²) in [6, 6.07) is 4.21. The van der Waals surface area contributed by atoms with Gasteiger partial charge in [-0.1, -0.05) is 50.4 Å². The van der Waals surface area contributed by atoms with Gasteiger partial charge in [-0.05, 0) is 56.1 Å². The molecule has 218 valence electrons. The number of nitrogens with zero attached hydrogens (tertiary/aromatic N) is 6. The molecule has 1 N–H and O–H groups in total. The number of rotatable bonds is 7. The largest absolute Gasteiger partial charge is 0.439 e. The lowest BCUT2D eigenvalue weighted by Gasteiger charge is -2.35. The summed E-state index contributed by atoms with van der Waals surface area (Å²) in [5, 5.41) is 4.43. The van der Waals surface area contributed by atoms with Gasteiger partial charge in [-0.2, -0.15) is 0 Å². The van der Waals surface area contributed by atoms with Crippen LogP contribution in [0, 0.1) is 17.8 Å². The minimum Gasteiger partial charge on any atom is -0.380 e. The average molecular weight is 580 g/mol. The van der Waals surface area contributed by atoms with E-state index >= 15 is 0 Å². The Balaban J connectivity index is 1.62. The molecule has 1 saturated carbocycles. The summed E-state index contributed by atoms with van der Waals surface area (Å²) in [6.07, 6.45) is 9.26. The summed E-state index contributed by atoms with van der Waals surface area (Å²) in [7, 11) is 1.79. The number of hydrogen-bond acceptors (Lipinski definition) is 8. The Hall–Kier alpha value is -3.24. The monoisotopic (exact) mass is 579 g/mol. The van der Waals surface area contributed by atoms with Gasteiger partial charge < -0.3 is 14.2 Å². The van der Waals surface area contributed by atoms with Gasteiger partial charge in [0.05, 0.1) is 27.9 Å². The highest BCUT2D eigenvalue weighted by atomic mass is 35.5. The van der Waals surface area contributed by atoms with Gasteiger partial charge in [-0.15, -0.1) is 0 Å². The van der Waals surface area contributed by atoms with Gasteiger partial charge in [0.1, 0.15) is 5.69 Å². The number of H-pyrrole nitrogens is 1. The molecule has 0 spiro atoms. The van der Waals surface area contributed by atoms with Crippen molar-refractivity contribution in [3.05, 3.63) is 40.1 Å². The first-order chi connectivity index (χ1) is 19.7. The molecule has 0 aromatic carbocycles. The maximum Gasteiger partial charge on any atom is 0.439 e. The third kappa shape index (κ3) is 5.28. The predicted octanol–water partition coefficient (Wildman–Crippen LogP) is 6.13. The van der Waals surface area contributed by atoms with Crippen molar-refractivity contribution in [1.82, 2.24) is 29.7 Å². The highest BCUT2D eigenvalue weighted by Gasteiger charge is 2.39. The molecular formula is C30H38ClN7O3. The molecular weight excluding hydrogens is 542 g/mol. The topological polar surface area (TPSA) is 115 Å². The Bertz CT molecular complexity index is 1590. The van der Waals surface area contributed by atoms with Gasteiger partial charge in [0.2, 0.25) is 11.8 Å². The lowest BCUT2D eigenvalue weighted by Crippen LogP contribution is -2.36. The first kappa shape index (κ1) is 27.9. The van der Waals surface area contributed by atoms with Gasteiger partial charge in [-0.25, -0.2) is 14.8 Å². The molecule has 4 aromatic heterocycles. The van der Waals surface area contributed by atoms with E-state index in [1.165, 1.54) is 25.7 Å². The second-order valence-corrected chi connectivity index (χ2v) is 12.6. The summed E-state index contributed by atoms with van der Waals surface area (Å²) in [5.41, 5.74) is 3.61. The molecule has 5 heterocycles. The lowest BCUT2D eigenvalue weighted by molar-refractivity contribution is 0.116. The molecule has 0 bridgehead atoms. The minimum atomic E-state index is -0.637. The van der Waals surface area contributed by atoms with Crippen molar-refractivity contribution >= 4 is 28.6 Å². The third-order valence-corrected chi connectivity index (χ3v) is 9.33. The summed E-state index contributed by atoms with van der Waals surface area (Å²) in [6.45, 7) is 9.96. The Morgan fingerprint density at radius 3 is 2.56 bits per heavy atom. The predicted molar refractivity (Wildman–Crippen MR) is 159 cm³/mol. The Labute approximate surface area is 244 Å². The van der Waals surface area contributed by atoms with Crippen LogP contribution in [0.4, 0.5) is 5.95 Å². The van der Waals surface area contributed by atoms with Crippen LogP contribution in [0.5, 0.6) is 0 Å². The maximum absolute atomic E-state index is 11.8. The van der Waals surface area contributed by atoms with Crippen LogP contribution in [0.25, 0.3) is 33.8 Å². The zero-order chi connectivity index (χ0) is 28.8. The SMILES string of the molecule is CO[C@@H]1C[C@@H](C(C)C)N(c2nc3cc(-c4noc(=O)[nH]4)nc(-c4cncc(Cl)c4)c3n2C(C)C2CCC(C)CC2)C1. The van der Waals surface area contributed by atoms with E-state index in [4.69, 9.17) is 30.8 Å². The smallest absolute Gasteiger partial charge is 0.380 e. The molecule has 1 aliphatic carbocycles. The number of imidazole rings is 1. The van der Waals surface area contributed by atoms with E-state index in [0.29, 0.717) is 28.2 Å². The van der Waals surface area contributed by atoms with Crippen LogP contribution < -0.4 is 10.7 Å². The van der Waals surface area contributed by atoms with Crippen LogP contribution in [0.15, 0.2) is 33.8 Å². The fourth-order valence-electron chi connectivity index (χ4n) is 6.74. The van der Waals surface area contributed by atoms with E-state index in [0.717, 1.165) is 41.4 Å². The van der Waals surface area contributed by atoms with Crippen molar-refractivity contribution in [2.45, 2.75) is 78.0 Å². The van der Waals surface area contributed by atoms with Crippen molar-refractivity contribution in [2.75, 3.05) is 18.6 Å². The first-order valence-electron chi connectivity index (χ1n) is 14.6. The number of aromatic nitrogens is 6. The molecule has 41 heavy (non-hydrogen) atoms. The summed E-state index contributed by atoms with van der Waals surface area (Å²) in [4.78, 5) is 31.6. The van der Waals surface area contributed by atoms with E-state index in [-0.39, 0.29) is 24.0 Å². The summed E-state index contributed by atoms with van der Waals surface area (Å²) in [5.74, 6) is 2.22. The number of fused-ring (bicyclic) bond motifs is 1. The number of methoxy groups -OCH3 is 1. The van der Waals surface area contributed by atoms with Crippen LogP contribution in [-0.2, 0) is 4.74 Å². The van der Waals surface area contributed by atoms with Crippen molar-refractivity contribution in [2.24, 2.45) is 17.8 Å². The summed E-state index contributed by atoms with van der Waals surface area (Å²) < 4.78 is 13.1. The van der Waals surface area contributed by atoms with E-state index in [2.05, 4.69) is 52.3 Å². The average Bonchev–Trinajstić information content (AvgIpc) is 3.69. The van der Waals surface area contributed by atoms with Crippen LogP contribution in [0.1, 0.15) is 65.8 Å². The maximum atomic E-state index is 11.8. The highest BCUT2D eigenvalue weighted by Crippen LogP contribution is 2.43. The second kappa shape index (κ2) is 11.2. The zero-order valence-electron chi connectivity index (χ0n) is 24.3. The van der Waals surface area contributed by atoms with E-state index in [1.54, 1.807) is 19.5 Å². The molecule has 1 aliphatic heterocycles. The highest BCUT2D eigenvalue weighted by molar-refractivity contribution is 6.30. The Morgan fingerprint density at radius 1 is 1.12 bits per heavy atom. The molecule has 0 radical (unpaired) electrons. The minimum absolute atomic E-state index is 0.131. The number of pyridine rings is 2.